The van der Waals surface area contributed by atoms with Crippen LogP contribution in [0.4, 0.5) is 0 Å². The predicted octanol–water partition coefficient (Wildman–Crippen LogP) is 2.07. The van der Waals surface area contributed by atoms with Crippen LogP contribution in [-0.2, 0) is 9.53 Å². The third kappa shape index (κ3) is 4.62. The molecule has 1 N–H and O–H groups in total. The fourth-order valence-electron chi connectivity index (χ4n) is 4.64. The van der Waals surface area contributed by atoms with Crippen molar-refractivity contribution in [2.45, 2.75) is 37.9 Å². The summed E-state index contributed by atoms with van der Waals surface area (Å²) in [5.41, 5.74) is 3.58. The first-order chi connectivity index (χ1) is 16.5. The van der Waals surface area contributed by atoms with Gasteiger partial charge in [0, 0.05) is 31.8 Å². The Labute approximate surface area is 202 Å². The molecule has 2 aliphatic heterocycles. The van der Waals surface area contributed by atoms with E-state index in [-0.39, 0.29) is 23.9 Å². The first-order valence-corrected chi connectivity index (χ1v) is 12.8. The van der Waals surface area contributed by atoms with Crippen LogP contribution in [0, 0.1) is 13.8 Å². The van der Waals surface area contributed by atoms with E-state index in [4.69, 9.17) is 9.72 Å². The highest BCUT2D eigenvalue weighted by Gasteiger charge is 2.29. The van der Waals surface area contributed by atoms with Crippen LogP contribution in [0.15, 0.2) is 34.3 Å². The van der Waals surface area contributed by atoms with Gasteiger partial charge in [0.15, 0.2) is 10.8 Å². The van der Waals surface area contributed by atoms with Gasteiger partial charge in [0.05, 0.1) is 31.1 Å². The molecule has 1 fully saturated rings. The molecule has 0 radical (unpaired) electrons. The van der Waals surface area contributed by atoms with Crippen LogP contribution in [0.2, 0.25) is 0 Å². The number of aryl methyl sites for hydroxylation is 2. The maximum Gasteiger partial charge on any atom is 0.265 e. The summed E-state index contributed by atoms with van der Waals surface area (Å²) in [5, 5.41) is 8.61. The number of amides is 1. The van der Waals surface area contributed by atoms with Crippen LogP contribution in [0.3, 0.4) is 0 Å². The Hall–Kier alpha value is -2.69. The summed E-state index contributed by atoms with van der Waals surface area (Å²) in [6.45, 7) is 9.14. The molecule has 0 bridgehead atoms. The van der Waals surface area contributed by atoms with Gasteiger partial charge in [0.2, 0.25) is 5.91 Å². The molecule has 1 atom stereocenters. The number of benzene rings is 1. The molecule has 180 valence electrons. The number of hydrogen-bond acceptors (Lipinski definition) is 7. The second kappa shape index (κ2) is 9.89. The van der Waals surface area contributed by atoms with Gasteiger partial charge in [-0.25, -0.2) is 9.67 Å². The SMILES string of the molecule is Cc1ccc(-n2ncc3c(=O)n4c(nc32)SCC4CC(=O)NCCCN2CCOCC2)c(C)c1. The largest absolute Gasteiger partial charge is 0.379 e. The molecule has 0 aliphatic carbocycles. The van der Waals surface area contributed by atoms with Crippen molar-refractivity contribution in [1.29, 1.82) is 0 Å². The minimum absolute atomic E-state index is 0.0293. The van der Waals surface area contributed by atoms with E-state index in [1.807, 2.05) is 26.0 Å². The van der Waals surface area contributed by atoms with Crippen molar-refractivity contribution in [2.75, 3.05) is 45.1 Å². The number of morpholine rings is 1. The Bertz CT molecular complexity index is 1260. The quantitative estimate of drug-likeness (QED) is 0.407. The lowest BCUT2D eigenvalue weighted by molar-refractivity contribution is -0.121. The summed E-state index contributed by atoms with van der Waals surface area (Å²) in [4.78, 5) is 33.1. The zero-order valence-corrected chi connectivity index (χ0v) is 20.4. The van der Waals surface area contributed by atoms with Crippen LogP contribution < -0.4 is 10.9 Å². The molecular weight excluding hydrogens is 452 g/mol. The zero-order chi connectivity index (χ0) is 23.7. The van der Waals surface area contributed by atoms with E-state index >= 15 is 0 Å². The molecule has 4 heterocycles. The Kier molecular flexibility index (Phi) is 6.71. The third-order valence-electron chi connectivity index (χ3n) is 6.45. The minimum Gasteiger partial charge on any atom is -0.379 e. The maximum absolute atomic E-state index is 13.3. The van der Waals surface area contributed by atoms with E-state index in [2.05, 4.69) is 21.4 Å². The van der Waals surface area contributed by atoms with Crippen molar-refractivity contribution in [3.05, 3.63) is 45.9 Å². The first kappa shape index (κ1) is 23.1. The highest BCUT2D eigenvalue weighted by molar-refractivity contribution is 7.99. The molecule has 1 amide bonds. The van der Waals surface area contributed by atoms with Crippen LogP contribution in [0.5, 0.6) is 0 Å². The van der Waals surface area contributed by atoms with Gasteiger partial charge in [-0.15, -0.1) is 0 Å². The summed E-state index contributed by atoms with van der Waals surface area (Å²) in [6.07, 6.45) is 2.76. The molecule has 1 saturated heterocycles. The fraction of sp³-hybridized carbons (Fsp3) is 0.500. The van der Waals surface area contributed by atoms with E-state index in [1.165, 1.54) is 17.3 Å². The van der Waals surface area contributed by atoms with Crippen molar-refractivity contribution < 1.29 is 9.53 Å². The summed E-state index contributed by atoms with van der Waals surface area (Å²) in [6, 6.07) is 5.92. The lowest BCUT2D eigenvalue weighted by atomic mass is 10.1. The molecule has 0 saturated carbocycles. The van der Waals surface area contributed by atoms with Gasteiger partial charge in [0.25, 0.3) is 5.56 Å². The van der Waals surface area contributed by atoms with Gasteiger partial charge < -0.3 is 10.1 Å². The Morgan fingerprint density at radius 1 is 1.26 bits per heavy atom. The molecule has 5 rings (SSSR count). The van der Waals surface area contributed by atoms with Gasteiger partial charge in [-0.1, -0.05) is 29.5 Å². The molecule has 2 aromatic heterocycles. The van der Waals surface area contributed by atoms with Gasteiger partial charge in [0.1, 0.15) is 5.39 Å². The monoisotopic (exact) mass is 482 g/mol. The number of carbonyl (C=O) groups is 1. The lowest BCUT2D eigenvalue weighted by Crippen LogP contribution is -2.38. The number of nitrogens with one attached hydrogen (secondary N) is 1. The van der Waals surface area contributed by atoms with Crippen molar-refractivity contribution in [3.8, 4) is 5.69 Å². The average molecular weight is 483 g/mol. The number of ether oxygens (including phenoxy) is 1. The van der Waals surface area contributed by atoms with E-state index in [0.717, 1.165) is 50.5 Å². The zero-order valence-electron chi connectivity index (χ0n) is 19.6. The van der Waals surface area contributed by atoms with Crippen LogP contribution in [-0.4, -0.2) is 75.3 Å². The first-order valence-electron chi connectivity index (χ1n) is 11.8. The maximum atomic E-state index is 13.3. The van der Waals surface area contributed by atoms with Gasteiger partial charge in [-0.3, -0.25) is 19.1 Å². The molecule has 1 aromatic carbocycles. The molecule has 3 aromatic rings. The van der Waals surface area contributed by atoms with Crippen LogP contribution >= 0.6 is 11.8 Å². The normalized spacial score (nSPS) is 18.4. The molecule has 9 nitrogen and oxygen atoms in total. The van der Waals surface area contributed by atoms with Crippen LogP contribution in [0.1, 0.15) is 30.0 Å². The number of aromatic nitrogens is 4. The fourth-order valence-corrected chi connectivity index (χ4v) is 5.77. The lowest BCUT2D eigenvalue weighted by Gasteiger charge is -2.26. The smallest absolute Gasteiger partial charge is 0.265 e. The number of hydrogen-bond donors (Lipinski definition) is 1. The second-order valence-corrected chi connectivity index (χ2v) is 9.97. The summed E-state index contributed by atoms with van der Waals surface area (Å²) in [7, 11) is 0. The van der Waals surface area contributed by atoms with Gasteiger partial charge in [-0.05, 0) is 38.4 Å². The predicted molar refractivity (Wildman–Crippen MR) is 132 cm³/mol. The third-order valence-corrected chi connectivity index (χ3v) is 7.55. The van der Waals surface area contributed by atoms with E-state index in [1.54, 1.807) is 15.4 Å². The second-order valence-electron chi connectivity index (χ2n) is 8.98. The minimum atomic E-state index is -0.201. The van der Waals surface area contributed by atoms with Crippen LogP contribution in [0.25, 0.3) is 16.7 Å². The van der Waals surface area contributed by atoms with Crippen molar-refractivity contribution in [3.63, 3.8) is 0 Å². The molecule has 1 unspecified atom stereocenters. The molecule has 2 aliphatic rings. The Morgan fingerprint density at radius 2 is 2.09 bits per heavy atom. The standard InChI is InChI=1S/C24H30N6O3S/c1-16-4-5-20(17(2)12-16)30-22-19(14-26-30)23(32)29-18(15-34-24(29)27-22)13-21(31)25-6-3-7-28-8-10-33-11-9-28/h4-5,12,14,18H,3,6-11,13,15H2,1-2H3,(H,25,31). The number of nitrogens with zero attached hydrogens (tertiary/aromatic N) is 5. The summed E-state index contributed by atoms with van der Waals surface area (Å²) >= 11 is 1.52. The van der Waals surface area contributed by atoms with Crippen molar-refractivity contribution in [2.24, 2.45) is 0 Å². The number of carbonyl (C=O) groups excluding carboxylic acids is 1. The summed E-state index contributed by atoms with van der Waals surface area (Å²) < 4.78 is 8.78. The van der Waals surface area contributed by atoms with E-state index in [0.29, 0.717) is 28.5 Å². The highest BCUT2D eigenvalue weighted by Crippen LogP contribution is 2.33. The van der Waals surface area contributed by atoms with E-state index < -0.39 is 0 Å². The van der Waals surface area contributed by atoms with Crippen molar-refractivity contribution >= 4 is 28.7 Å². The molecular formula is C24H30N6O3S. The Morgan fingerprint density at radius 3 is 2.88 bits per heavy atom. The molecule has 34 heavy (non-hydrogen) atoms. The number of thioether (sulfide) groups is 1. The molecule has 0 spiro atoms. The van der Waals surface area contributed by atoms with Crippen molar-refractivity contribution in [1.82, 2.24) is 29.5 Å². The number of fused-ring (bicyclic) bond motifs is 2. The van der Waals surface area contributed by atoms with Gasteiger partial charge in [-0.2, -0.15) is 5.10 Å². The summed E-state index contributed by atoms with van der Waals surface area (Å²) in [5.74, 6) is 0.630. The highest BCUT2D eigenvalue weighted by atomic mass is 32.2. The Balaban J connectivity index is 1.27. The number of rotatable bonds is 7. The van der Waals surface area contributed by atoms with E-state index in [9.17, 15) is 9.59 Å². The van der Waals surface area contributed by atoms with Gasteiger partial charge >= 0.3 is 0 Å². The molecule has 10 heteroatoms. The average Bonchev–Trinajstić information content (AvgIpc) is 3.42. The topological polar surface area (TPSA) is 94.3 Å².